The molecule has 4 aliphatic carbocycles. The van der Waals surface area contributed by atoms with Crippen molar-refractivity contribution in [3.8, 4) is 11.8 Å². The van der Waals surface area contributed by atoms with Gasteiger partial charge in [0, 0.05) is 17.9 Å². The number of carbonyl (C=O) groups is 2. The van der Waals surface area contributed by atoms with Gasteiger partial charge in [-0.1, -0.05) is 36.5 Å². The first kappa shape index (κ1) is 24.0. The number of methoxy groups -OCH3 is 1. The molecule has 5 atom stereocenters. The van der Waals surface area contributed by atoms with Gasteiger partial charge in [0.15, 0.2) is 5.78 Å². The number of ketones is 1. The Bertz CT molecular complexity index is 1130. The lowest BCUT2D eigenvalue weighted by Crippen LogP contribution is -2.45. The van der Waals surface area contributed by atoms with E-state index in [1.54, 1.807) is 5.57 Å². The molecule has 0 heterocycles. The zero-order valence-corrected chi connectivity index (χ0v) is 20.6. The summed E-state index contributed by atoms with van der Waals surface area (Å²) >= 11 is 0. The van der Waals surface area contributed by atoms with E-state index in [0.717, 1.165) is 44.1 Å². The van der Waals surface area contributed by atoms with Gasteiger partial charge in [0.2, 0.25) is 0 Å². The Balaban J connectivity index is 1.43. The summed E-state index contributed by atoms with van der Waals surface area (Å²) in [5.41, 5.74) is 6.33. The third kappa shape index (κ3) is 4.50. The van der Waals surface area contributed by atoms with Gasteiger partial charge in [-0.15, -0.1) is 0 Å². The molecule has 4 unspecified atom stereocenters. The number of hydrogen-bond donors (Lipinski definition) is 1. The van der Waals surface area contributed by atoms with Crippen molar-refractivity contribution in [2.24, 2.45) is 17.3 Å². The van der Waals surface area contributed by atoms with Crippen molar-refractivity contribution in [1.82, 2.24) is 0 Å². The molecule has 0 saturated heterocycles. The van der Waals surface area contributed by atoms with Crippen LogP contribution in [0.25, 0.3) is 0 Å². The summed E-state index contributed by atoms with van der Waals surface area (Å²) in [5.74, 6) is 7.16. The predicted molar refractivity (Wildman–Crippen MR) is 132 cm³/mol. The highest BCUT2D eigenvalue weighted by atomic mass is 16.6. The van der Waals surface area contributed by atoms with Gasteiger partial charge in [-0.3, -0.25) is 4.79 Å². The van der Waals surface area contributed by atoms with Crippen LogP contribution in [-0.4, -0.2) is 43.3 Å². The monoisotopic (exact) mass is 474 g/mol. The number of aliphatic hydroxyl groups is 1. The molecule has 5 nitrogen and oxygen atoms in total. The lowest BCUT2D eigenvalue weighted by Gasteiger charge is -2.52. The highest BCUT2D eigenvalue weighted by Crippen LogP contribution is 2.63. The van der Waals surface area contributed by atoms with Gasteiger partial charge >= 0.3 is 5.97 Å². The SMILES string of the molecule is COC(=O)COCC#Cc1ccc(C2C[C@]3(C)C(O)CCC3C3CCC4=CC(=O)CCC4=C23)cc1. The van der Waals surface area contributed by atoms with Crippen molar-refractivity contribution in [2.75, 3.05) is 20.3 Å². The van der Waals surface area contributed by atoms with Crippen LogP contribution in [0, 0.1) is 29.1 Å². The van der Waals surface area contributed by atoms with Crippen LogP contribution in [0.5, 0.6) is 0 Å². The minimum absolute atomic E-state index is 0.0689. The Kier molecular flexibility index (Phi) is 6.70. The molecule has 0 spiro atoms. The van der Waals surface area contributed by atoms with Crippen molar-refractivity contribution in [3.05, 3.63) is 58.2 Å². The molecule has 5 heteroatoms. The Labute approximate surface area is 207 Å². The molecule has 1 N–H and O–H groups in total. The molecule has 0 aromatic heterocycles. The van der Waals surface area contributed by atoms with Crippen LogP contribution >= 0.6 is 0 Å². The van der Waals surface area contributed by atoms with E-state index < -0.39 is 5.97 Å². The van der Waals surface area contributed by atoms with Crippen LogP contribution in [0.15, 0.2) is 47.1 Å². The summed E-state index contributed by atoms with van der Waals surface area (Å²) in [7, 11) is 1.33. The van der Waals surface area contributed by atoms with E-state index in [4.69, 9.17) is 4.74 Å². The third-order valence-corrected chi connectivity index (χ3v) is 8.85. The first-order valence-electron chi connectivity index (χ1n) is 12.8. The zero-order chi connectivity index (χ0) is 24.6. The summed E-state index contributed by atoms with van der Waals surface area (Å²) in [6.45, 7) is 2.37. The number of allylic oxidation sites excluding steroid dienone is 4. The molecule has 2 saturated carbocycles. The van der Waals surface area contributed by atoms with Crippen molar-refractivity contribution in [2.45, 2.75) is 63.9 Å². The first-order valence-corrected chi connectivity index (χ1v) is 12.8. The second kappa shape index (κ2) is 9.76. The second-order valence-electron chi connectivity index (χ2n) is 10.7. The molecule has 0 amide bonds. The molecule has 184 valence electrons. The number of benzene rings is 1. The quantitative estimate of drug-likeness (QED) is 0.396. The molecular weight excluding hydrogens is 440 g/mol. The molecular formula is C30H34O5. The van der Waals surface area contributed by atoms with Crippen LogP contribution in [0.3, 0.4) is 0 Å². The molecule has 1 aromatic carbocycles. The van der Waals surface area contributed by atoms with E-state index in [1.807, 2.05) is 18.2 Å². The third-order valence-electron chi connectivity index (χ3n) is 8.85. The number of rotatable bonds is 4. The van der Waals surface area contributed by atoms with E-state index in [1.165, 1.54) is 23.8 Å². The van der Waals surface area contributed by atoms with Gasteiger partial charge in [-0.25, -0.2) is 4.79 Å². The Morgan fingerprint density at radius 3 is 2.71 bits per heavy atom. The molecule has 0 radical (unpaired) electrons. The van der Waals surface area contributed by atoms with E-state index in [2.05, 4.69) is 35.6 Å². The van der Waals surface area contributed by atoms with Crippen molar-refractivity contribution >= 4 is 11.8 Å². The Morgan fingerprint density at radius 1 is 1.14 bits per heavy atom. The minimum atomic E-state index is -0.413. The lowest BCUT2D eigenvalue weighted by molar-refractivity contribution is -0.145. The van der Waals surface area contributed by atoms with Crippen molar-refractivity contribution in [1.29, 1.82) is 0 Å². The fourth-order valence-electron chi connectivity index (χ4n) is 7.11. The highest BCUT2D eigenvalue weighted by molar-refractivity contribution is 5.93. The summed E-state index contributed by atoms with van der Waals surface area (Å²) in [4.78, 5) is 23.3. The molecule has 4 aliphatic rings. The zero-order valence-electron chi connectivity index (χ0n) is 20.6. The Morgan fingerprint density at radius 2 is 1.94 bits per heavy atom. The predicted octanol–water partition coefficient (Wildman–Crippen LogP) is 4.49. The molecule has 5 rings (SSSR count). The Hall–Kier alpha value is -2.68. The number of ether oxygens (including phenoxy) is 2. The smallest absolute Gasteiger partial charge is 0.331 e. The van der Waals surface area contributed by atoms with Crippen molar-refractivity contribution < 1.29 is 24.2 Å². The average Bonchev–Trinajstić information content (AvgIpc) is 3.17. The van der Waals surface area contributed by atoms with E-state index in [0.29, 0.717) is 18.3 Å². The maximum absolute atomic E-state index is 12.1. The standard InChI is InChI=1S/C30H34O5/c1-30-17-25(20-7-5-19(6-8-20)4-3-15-35-18-28(33)34-2)29-23-12-10-22(31)16-21(23)9-11-24(29)26(30)13-14-27(30)32/h5-8,16,24-27,32H,9-15,17-18H2,1-2H3/t24?,25?,26?,27?,30-/m0/s1. The highest BCUT2D eigenvalue weighted by Gasteiger charge is 2.56. The fourth-order valence-corrected chi connectivity index (χ4v) is 7.11. The summed E-state index contributed by atoms with van der Waals surface area (Å²) in [6.07, 6.45) is 8.11. The fraction of sp³-hybridized carbons (Fsp3) is 0.533. The van der Waals surface area contributed by atoms with Crippen LogP contribution in [0.2, 0.25) is 0 Å². The summed E-state index contributed by atoms with van der Waals surface area (Å²) in [6, 6.07) is 8.44. The summed E-state index contributed by atoms with van der Waals surface area (Å²) < 4.78 is 9.75. The van der Waals surface area contributed by atoms with Gasteiger partial charge in [0.05, 0.1) is 13.2 Å². The average molecular weight is 475 g/mol. The lowest BCUT2D eigenvalue weighted by atomic mass is 9.53. The number of aliphatic hydroxyl groups excluding tert-OH is 1. The van der Waals surface area contributed by atoms with Crippen molar-refractivity contribution in [3.63, 3.8) is 0 Å². The van der Waals surface area contributed by atoms with Gasteiger partial charge in [0.25, 0.3) is 0 Å². The van der Waals surface area contributed by atoms with E-state index in [9.17, 15) is 14.7 Å². The topological polar surface area (TPSA) is 72.8 Å². The molecule has 2 fully saturated rings. The maximum Gasteiger partial charge on any atom is 0.331 e. The van der Waals surface area contributed by atoms with Crippen LogP contribution < -0.4 is 0 Å². The summed E-state index contributed by atoms with van der Waals surface area (Å²) in [5, 5.41) is 11.0. The molecule has 0 aliphatic heterocycles. The maximum atomic E-state index is 12.1. The molecule has 0 bridgehead atoms. The number of carbonyl (C=O) groups excluding carboxylic acids is 2. The van der Waals surface area contributed by atoms with Crippen LogP contribution in [0.4, 0.5) is 0 Å². The van der Waals surface area contributed by atoms with Gasteiger partial charge in [0.1, 0.15) is 13.2 Å². The number of hydrogen-bond acceptors (Lipinski definition) is 5. The normalized spacial score (nSPS) is 31.5. The van der Waals surface area contributed by atoms with Gasteiger partial charge in [-0.2, -0.15) is 0 Å². The number of fused-ring (bicyclic) bond motifs is 4. The van der Waals surface area contributed by atoms with Gasteiger partial charge in [-0.05, 0) is 90.7 Å². The largest absolute Gasteiger partial charge is 0.467 e. The second-order valence-corrected chi connectivity index (χ2v) is 10.7. The van der Waals surface area contributed by atoms with E-state index >= 15 is 0 Å². The molecule has 1 aromatic rings. The number of esters is 1. The van der Waals surface area contributed by atoms with Crippen LogP contribution in [-0.2, 0) is 19.1 Å². The van der Waals surface area contributed by atoms with Crippen LogP contribution in [0.1, 0.15) is 68.9 Å². The minimum Gasteiger partial charge on any atom is -0.467 e. The van der Waals surface area contributed by atoms with E-state index in [-0.39, 0.29) is 36.4 Å². The van der Waals surface area contributed by atoms with Gasteiger partial charge < -0.3 is 14.6 Å². The first-order chi connectivity index (χ1) is 16.9. The molecule has 35 heavy (non-hydrogen) atoms.